The summed E-state index contributed by atoms with van der Waals surface area (Å²) in [4.78, 5) is 30.0. The van der Waals surface area contributed by atoms with E-state index in [1.807, 2.05) is 20.8 Å². The fourth-order valence-electron chi connectivity index (χ4n) is 4.56. The van der Waals surface area contributed by atoms with Gasteiger partial charge in [-0.3, -0.25) is 9.59 Å². The molecule has 32 heavy (non-hydrogen) atoms. The molecule has 1 aromatic heterocycles. The second-order valence-corrected chi connectivity index (χ2v) is 11.2. The number of nitrogens with one attached hydrogen (secondary N) is 1. The van der Waals surface area contributed by atoms with Crippen LogP contribution in [0.4, 0.5) is 0 Å². The van der Waals surface area contributed by atoms with Gasteiger partial charge in [0.25, 0.3) is 0 Å². The van der Waals surface area contributed by atoms with Crippen LogP contribution in [-0.4, -0.2) is 29.0 Å². The van der Waals surface area contributed by atoms with Crippen molar-refractivity contribution in [2.24, 2.45) is 5.41 Å². The van der Waals surface area contributed by atoms with Gasteiger partial charge in [0.1, 0.15) is 5.60 Å². The SMILES string of the molecule is CCc1nc2ccc(CCCNC(=O)C3(CCC(=O)OC(C)(C)C)CCCCC3)cc2s1. The molecule has 1 amide bonds. The van der Waals surface area contributed by atoms with Crippen molar-refractivity contribution in [2.45, 2.75) is 97.5 Å². The Morgan fingerprint density at radius 1 is 1.19 bits per heavy atom. The van der Waals surface area contributed by atoms with Gasteiger partial charge in [-0.25, -0.2) is 4.98 Å². The average molecular weight is 459 g/mol. The quantitative estimate of drug-likeness (QED) is 0.371. The van der Waals surface area contributed by atoms with Gasteiger partial charge in [-0.2, -0.15) is 0 Å². The zero-order chi connectivity index (χ0) is 23.2. The number of aromatic nitrogens is 1. The summed E-state index contributed by atoms with van der Waals surface area (Å²) in [5, 5.41) is 4.36. The maximum absolute atomic E-state index is 13.2. The molecule has 1 heterocycles. The Hall–Kier alpha value is -1.95. The van der Waals surface area contributed by atoms with Crippen LogP contribution in [-0.2, 0) is 27.2 Å². The highest BCUT2D eigenvalue weighted by atomic mass is 32.1. The standard InChI is InChI=1S/C26H38N2O3S/c1-5-22-28-20-12-11-19(18-21(20)32-22)10-9-17-27-24(30)26(14-7-6-8-15-26)16-13-23(29)31-25(2,3)4/h11-12,18H,5-10,13-17H2,1-4H3,(H,27,30). The first-order valence-electron chi connectivity index (χ1n) is 12.1. The van der Waals surface area contributed by atoms with Crippen LogP contribution in [0.15, 0.2) is 18.2 Å². The van der Waals surface area contributed by atoms with Gasteiger partial charge < -0.3 is 10.1 Å². The van der Waals surface area contributed by atoms with Crippen molar-refractivity contribution in [2.75, 3.05) is 6.54 Å². The van der Waals surface area contributed by atoms with E-state index in [2.05, 4.69) is 35.4 Å². The minimum atomic E-state index is -0.487. The summed E-state index contributed by atoms with van der Waals surface area (Å²) in [5.74, 6) is -0.0915. The number of thiazole rings is 1. The molecule has 0 aliphatic heterocycles. The van der Waals surface area contributed by atoms with E-state index >= 15 is 0 Å². The summed E-state index contributed by atoms with van der Waals surface area (Å²) in [5.41, 5.74) is 1.45. The molecule has 1 aliphatic rings. The number of carbonyl (C=O) groups is 2. The van der Waals surface area contributed by atoms with Crippen LogP contribution >= 0.6 is 11.3 Å². The van der Waals surface area contributed by atoms with E-state index in [9.17, 15) is 9.59 Å². The van der Waals surface area contributed by atoms with Crippen molar-refractivity contribution in [3.8, 4) is 0 Å². The zero-order valence-corrected chi connectivity index (χ0v) is 20.9. The molecule has 3 rings (SSSR count). The van der Waals surface area contributed by atoms with Crippen LogP contribution in [0.25, 0.3) is 10.2 Å². The summed E-state index contributed by atoms with van der Waals surface area (Å²) in [6.45, 7) is 8.43. The lowest BCUT2D eigenvalue weighted by Gasteiger charge is -2.36. The summed E-state index contributed by atoms with van der Waals surface area (Å²) in [6, 6.07) is 6.48. The molecule has 6 heteroatoms. The summed E-state index contributed by atoms with van der Waals surface area (Å²) < 4.78 is 6.71. The molecule has 0 unspecified atom stereocenters. The summed E-state index contributed by atoms with van der Waals surface area (Å²) >= 11 is 1.77. The number of hydrogen-bond acceptors (Lipinski definition) is 5. The lowest BCUT2D eigenvalue weighted by Crippen LogP contribution is -2.43. The van der Waals surface area contributed by atoms with Crippen molar-refractivity contribution in [1.82, 2.24) is 10.3 Å². The van der Waals surface area contributed by atoms with Crippen molar-refractivity contribution in [3.05, 3.63) is 28.8 Å². The normalized spacial score (nSPS) is 16.1. The van der Waals surface area contributed by atoms with Crippen LogP contribution in [0.3, 0.4) is 0 Å². The van der Waals surface area contributed by atoms with E-state index in [1.54, 1.807) is 11.3 Å². The molecule has 1 fully saturated rings. The molecule has 5 nitrogen and oxygen atoms in total. The van der Waals surface area contributed by atoms with Gasteiger partial charge in [0.2, 0.25) is 5.91 Å². The number of benzene rings is 1. The van der Waals surface area contributed by atoms with E-state index in [0.717, 1.165) is 50.5 Å². The van der Waals surface area contributed by atoms with Gasteiger partial charge >= 0.3 is 5.97 Å². The first-order valence-corrected chi connectivity index (χ1v) is 12.9. The highest BCUT2D eigenvalue weighted by molar-refractivity contribution is 7.18. The Morgan fingerprint density at radius 2 is 1.94 bits per heavy atom. The fourth-order valence-corrected chi connectivity index (χ4v) is 5.53. The van der Waals surface area contributed by atoms with Crippen LogP contribution in [0.1, 0.15) is 89.6 Å². The van der Waals surface area contributed by atoms with Crippen LogP contribution in [0.2, 0.25) is 0 Å². The Labute approximate surface area is 196 Å². The van der Waals surface area contributed by atoms with Gasteiger partial charge in [-0.15, -0.1) is 11.3 Å². The summed E-state index contributed by atoms with van der Waals surface area (Å²) in [7, 11) is 0. The molecule has 1 aliphatic carbocycles. The molecule has 0 spiro atoms. The molecule has 1 N–H and O–H groups in total. The Balaban J connectivity index is 1.51. The van der Waals surface area contributed by atoms with Gasteiger partial charge in [0.15, 0.2) is 0 Å². The van der Waals surface area contributed by atoms with Crippen LogP contribution in [0, 0.1) is 5.41 Å². The van der Waals surface area contributed by atoms with Crippen molar-refractivity contribution >= 4 is 33.4 Å². The number of hydrogen-bond donors (Lipinski definition) is 1. The third kappa shape index (κ3) is 6.77. The van der Waals surface area contributed by atoms with E-state index < -0.39 is 11.0 Å². The second kappa shape index (κ2) is 10.8. The van der Waals surface area contributed by atoms with Gasteiger partial charge in [0, 0.05) is 18.4 Å². The largest absolute Gasteiger partial charge is 0.460 e. The number of ether oxygens (including phenoxy) is 1. The number of rotatable bonds is 9. The Morgan fingerprint density at radius 3 is 2.62 bits per heavy atom. The minimum Gasteiger partial charge on any atom is -0.460 e. The lowest BCUT2D eigenvalue weighted by atomic mass is 9.70. The van der Waals surface area contributed by atoms with E-state index in [4.69, 9.17) is 4.74 Å². The number of esters is 1. The van der Waals surface area contributed by atoms with Crippen molar-refractivity contribution < 1.29 is 14.3 Å². The fraction of sp³-hybridized carbons (Fsp3) is 0.654. The molecule has 1 saturated carbocycles. The topological polar surface area (TPSA) is 68.3 Å². The molecule has 0 bridgehead atoms. The van der Waals surface area contributed by atoms with Gasteiger partial charge in [0.05, 0.1) is 15.2 Å². The predicted octanol–water partition coefficient (Wildman–Crippen LogP) is 5.98. The van der Waals surface area contributed by atoms with Gasteiger partial charge in [-0.1, -0.05) is 32.3 Å². The first kappa shape index (κ1) is 24.7. The molecule has 0 radical (unpaired) electrons. The minimum absolute atomic E-state index is 0.117. The predicted molar refractivity (Wildman–Crippen MR) is 131 cm³/mol. The molecule has 1 aromatic carbocycles. The number of amides is 1. The van der Waals surface area contributed by atoms with Crippen molar-refractivity contribution in [1.29, 1.82) is 0 Å². The van der Waals surface area contributed by atoms with E-state index in [1.165, 1.54) is 21.7 Å². The number of nitrogens with zero attached hydrogens (tertiary/aromatic N) is 1. The molecular weight excluding hydrogens is 420 g/mol. The molecular formula is C26H38N2O3S. The molecule has 0 atom stereocenters. The maximum Gasteiger partial charge on any atom is 0.306 e. The molecule has 2 aromatic rings. The number of fused-ring (bicyclic) bond motifs is 1. The van der Waals surface area contributed by atoms with E-state index in [-0.39, 0.29) is 11.9 Å². The lowest BCUT2D eigenvalue weighted by molar-refractivity contribution is -0.156. The second-order valence-electron chi connectivity index (χ2n) is 10.1. The average Bonchev–Trinajstić information content (AvgIpc) is 3.17. The zero-order valence-electron chi connectivity index (χ0n) is 20.1. The summed E-state index contributed by atoms with van der Waals surface area (Å²) in [6.07, 6.45) is 8.69. The maximum atomic E-state index is 13.2. The third-order valence-corrected chi connectivity index (χ3v) is 7.41. The highest BCUT2D eigenvalue weighted by Gasteiger charge is 2.39. The van der Waals surface area contributed by atoms with Crippen LogP contribution < -0.4 is 5.32 Å². The monoisotopic (exact) mass is 458 g/mol. The van der Waals surface area contributed by atoms with Crippen molar-refractivity contribution in [3.63, 3.8) is 0 Å². The first-order chi connectivity index (χ1) is 15.2. The number of carbonyl (C=O) groups excluding carboxylic acids is 2. The van der Waals surface area contributed by atoms with E-state index in [0.29, 0.717) is 19.4 Å². The Kier molecular flexibility index (Phi) is 8.32. The molecule has 176 valence electrons. The van der Waals surface area contributed by atoms with Gasteiger partial charge in [-0.05, 0) is 77.0 Å². The molecule has 0 saturated heterocycles. The smallest absolute Gasteiger partial charge is 0.306 e. The Bertz CT molecular complexity index is 923. The third-order valence-electron chi connectivity index (χ3n) is 6.25. The number of aryl methyl sites for hydroxylation is 2. The van der Waals surface area contributed by atoms with Crippen LogP contribution in [0.5, 0.6) is 0 Å². The highest BCUT2D eigenvalue weighted by Crippen LogP contribution is 2.40.